The van der Waals surface area contributed by atoms with E-state index in [0.717, 1.165) is 34.8 Å². The summed E-state index contributed by atoms with van der Waals surface area (Å²) in [5, 5.41) is 2.47. The fourth-order valence-corrected chi connectivity index (χ4v) is 7.36. The Morgan fingerprint density at radius 1 is 0.756 bits per heavy atom. The third kappa shape index (κ3) is 3.94. The van der Waals surface area contributed by atoms with Crippen LogP contribution in [0.15, 0.2) is 133 Å². The lowest BCUT2D eigenvalue weighted by molar-refractivity contribution is 0.699. The van der Waals surface area contributed by atoms with E-state index in [1.54, 1.807) is 0 Å². The highest BCUT2D eigenvalue weighted by molar-refractivity contribution is 7.23. The molecule has 196 valence electrons. The maximum absolute atomic E-state index is 5.44. The van der Waals surface area contributed by atoms with Crippen LogP contribution in [0, 0.1) is 5.92 Å². The Labute approximate surface area is 243 Å². The molecule has 41 heavy (non-hydrogen) atoms. The zero-order chi connectivity index (χ0) is 27.3. The molecule has 0 saturated carbocycles. The zero-order valence-corrected chi connectivity index (χ0v) is 23.5. The van der Waals surface area contributed by atoms with Crippen LogP contribution in [0.2, 0.25) is 0 Å². The molecule has 6 aromatic rings. The Balaban J connectivity index is 1.50. The molecule has 0 fully saturated rings. The molecule has 0 amide bonds. The Hall–Kier alpha value is -4.80. The largest absolute Gasteiger partial charge is 0.287 e. The predicted octanol–water partition coefficient (Wildman–Crippen LogP) is 10.2. The first-order valence-corrected chi connectivity index (χ1v) is 14.9. The second-order valence-corrected chi connectivity index (χ2v) is 11.8. The van der Waals surface area contributed by atoms with Crippen LogP contribution in [-0.4, -0.2) is 9.97 Å². The quantitative estimate of drug-likeness (QED) is 0.221. The smallest absolute Gasteiger partial charge is 0.165 e. The first-order chi connectivity index (χ1) is 20.3. The molecule has 1 aliphatic heterocycles. The van der Waals surface area contributed by atoms with Crippen LogP contribution in [0.5, 0.6) is 0 Å². The molecule has 0 spiro atoms. The van der Waals surface area contributed by atoms with Gasteiger partial charge in [-0.2, -0.15) is 0 Å². The van der Waals surface area contributed by atoms with Gasteiger partial charge in [0.1, 0.15) is 10.7 Å². The lowest BCUT2D eigenvalue weighted by atomic mass is 9.88. The van der Waals surface area contributed by atoms with E-state index in [4.69, 9.17) is 9.97 Å². The van der Waals surface area contributed by atoms with Crippen molar-refractivity contribution in [3.05, 3.63) is 139 Å². The molecule has 2 aromatic heterocycles. The molecule has 3 heterocycles. The highest BCUT2D eigenvalue weighted by Gasteiger charge is 2.34. The molecule has 3 nitrogen and oxygen atoms in total. The SMILES string of the molecule is CC1C=CC2=C(C1)N(c1nc(-c3ccccc3)cnc1-c1ccccc1)c1sc3ccccc3c1-c1ccccc12. The normalized spacial score (nSPS) is 15.8. The summed E-state index contributed by atoms with van der Waals surface area (Å²) in [7, 11) is 0. The third-order valence-electron chi connectivity index (χ3n) is 8.04. The Kier molecular flexibility index (Phi) is 5.68. The van der Waals surface area contributed by atoms with Crippen LogP contribution in [0.4, 0.5) is 10.8 Å². The summed E-state index contributed by atoms with van der Waals surface area (Å²) in [4.78, 5) is 13.0. The van der Waals surface area contributed by atoms with Gasteiger partial charge in [-0.05, 0) is 29.5 Å². The average molecular weight is 546 g/mol. The van der Waals surface area contributed by atoms with E-state index in [1.807, 2.05) is 23.6 Å². The van der Waals surface area contributed by atoms with Gasteiger partial charge in [0.25, 0.3) is 0 Å². The number of hydrogen-bond donors (Lipinski definition) is 0. The third-order valence-corrected chi connectivity index (χ3v) is 9.19. The second-order valence-electron chi connectivity index (χ2n) is 10.7. The minimum absolute atomic E-state index is 0.407. The summed E-state index contributed by atoms with van der Waals surface area (Å²) in [5.74, 6) is 1.28. The number of fused-ring (bicyclic) bond motifs is 6. The van der Waals surface area contributed by atoms with Gasteiger partial charge >= 0.3 is 0 Å². The van der Waals surface area contributed by atoms with Crippen molar-refractivity contribution in [3.63, 3.8) is 0 Å². The van der Waals surface area contributed by atoms with Crippen molar-refractivity contribution in [2.24, 2.45) is 5.92 Å². The molecule has 8 rings (SSSR count). The number of aromatic nitrogens is 2. The summed E-state index contributed by atoms with van der Waals surface area (Å²) < 4.78 is 1.27. The number of rotatable bonds is 3. The predicted molar refractivity (Wildman–Crippen MR) is 172 cm³/mol. The molecule has 1 atom stereocenters. The number of nitrogens with zero attached hydrogens (tertiary/aromatic N) is 3. The van der Waals surface area contributed by atoms with E-state index in [9.17, 15) is 0 Å². The Bertz CT molecular complexity index is 1990. The van der Waals surface area contributed by atoms with Crippen LogP contribution >= 0.6 is 11.3 Å². The summed E-state index contributed by atoms with van der Waals surface area (Å²) in [6.45, 7) is 2.30. The summed E-state index contributed by atoms with van der Waals surface area (Å²) in [6, 6.07) is 38.5. The molecule has 0 bridgehead atoms. The molecule has 0 radical (unpaired) electrons. The number of benzene rings is 4. The molecule has 4 heteroatoms. The van der Waals surface area contributed by atoms with E-state index < -0.39 is 0 Å². The number of allylic oxidation sites excluding steroid dienone is 4. The highest BCUT2D eigenvalue weighted by Crippen LogP contribution is 2.55. The first kappa shape index (κ1) is 24.0. The van der Waals surface area contributed by atoms with E-state index >= 15 is 0 Å². The number of hydrogen-bond acceptors (Lipinski definition) is 4. The lowest BCUT2D eigenvalue weighted by Crippen LogP contribution is -2.22. The van der Waals surface area contributed by atoms with Crippen molar-refractivity contribution >= 4 is 37.8 Å². The monoisotopic (exact) mass is 545 g/mol. The Morgan fingerprint density at radius 3 is 2.24 bits per heavy atom. The lowest BCUT2D eigenvalue weighted by Gasteiger charge is -2.31. The van der Waals surface area contributed by atoms with Crippen LogP contribution in [0.1, 0.15) is 18.9 Å². The van der Waals surface area contributed by atoms with Crippen LogP contribution < -0.4 is 4.90 Å². The van der Waals surface area contributed by atoms with E-state index in [1.165, 1.54) is 43.0 Å². The second kappa shape index (κ2) is 9.69. The maximum atomic E-state index is 5.44. The molecule has 0 saturated heterocycles. The summed E-state index contributed by atoms with van der Waals surface area (Å²) in [5.41, 5.74) is 10.2. The van der Waals surface area contributed by atoms with Crippen molar-refractivity contribution in [1.82, 2.24) is 9.97 Å². The standard InChI is InChI=1S/C37H27N3S/c1-24-20-21-28-27-16-8-9-17-29(27)34-30-18-10-11-19-33(30)41-37(34)40(32(28)22-24)36-35(26-14-6-3-7-15-26)38-23-31(39-36)25-12-4-2-5-13-25/h2-21,23-24H,22H2,1H3. The van der Waals surface area contributed by atoms with E-state index in [0.29, 0.717) is 5.92 Å². The fraction of sp³-hybridized carbons (Fsp3) is 0.0811. The number of anilines is 2. The van der Waals surface area contributed by atoms with Gasteiger partial charge in [-0.15, -0.1) is 11.3 Å². The van der Waals surface area contributed by atoms with Gasteiger partial charge in [0.05, 0.1) is 11.9 Å². The van der Waals surface area contributed by atoms with Gasteiger partial charge < -0.3 is 0 Å². The van der Waals surface area contributed by atoms with Gasteiger partial charge in [-0.25, -0.2) is 4.98 Å². The van der Waals surface area contributed by atoms with Crippen LogP contribution in [0.3, 0.4) is 0 Å². The minimum Gasteiger partial charge on any atom is -0.287 e. The number of thiophene rings is 1. The molecule has 2 aliphatic rings. The minimum atomic E-state index is 0.407. The molecule has 0 N–H and O–H groups in total. The zero-order valence-electron chi connectivity index (χ0n) is 22.7. The van der Waals surface area contributed by atoms with Gasteiger partial charge in [-0.3, -0.25) is 9.88 Å². The van der Waals surface area contributed by atoms with Crippen molar-refractivity contribution in [2.45, 2.75) is 13.3 Å². The first-order valence-electron chi connectivity index (χ1n) is 14.1. The molecular weight excluding hydrogens is 518 g/mol. The van der Waals surface area contributed by atoms with Crippen molar-refractivity contribution in [3.8, 4) is 33.6 Å². The maximum Gasteiger partial charge on any atom is 0.165 e. The summed E-state index contributed by atoms with van der Waals surface area (Å²) in [6.07, 6.45) is 7.50. The molecule has 1 unspecified atom stereocenters. The molecule has 1 aliphatic carbocycles. The van der Waals surface area contributed by atoms with Gasteiger partial charge in [0.15, 0.2) is 5.82 Å². The summed E-state index contributed by atoms with van der Waals surface area (Å²) >= 11 is 1.84. The van der Waals surface area contributed by atoms with E-state index in [-0.39, 0.29) is 0 Å². The molecule has 4 aromatic carbocycles. The van der Waals surface area contributed by atoms with Gasteiger partial charge in [0, 0.05) is 38.0 Å². The van der Waals surface area contributed by atoms with Crippen LogP contribution in [-0.2, 0) is 0 Å². The van der Waals surface area contributed by atoms with Crippen molar-refractivity contribution < 1.29 is 0 Å². The van der Waals surface area contributed by atoms with Gasteiger partial charge in [0.2, 0.25) is 0 Å². The van der Waals surface area contributed by atoms with Gasteiger partial charge in [-0.1, -0.05) is 122 Å². The fourth-order valence-electron chi connectivity index (χ4n) is 6.11. The average Bonchev–Trinajstić information content (AvgIpc) is 3.36. The van der Waals surface area contributed by atoms with E-state index in [2.05, 4.69) is 127 Å². The molecular formula is C37H27N3S. The topological polar surface area (TPSA) is 29.0 Å². The van der Waals surface area contributed by atoms with Crippen molar-refractivity contribution in [1.29, 1.82) is 0 Å². The highest BCUT2D eigenvalue weighted by atomic mass is 32.1. The van der Waals surface area contributed by atoms with Crippen molar-refractivity contribution in [2.75, 3.05) is 4.90 Å². The Morgan fingerprint density at radius 2 is 1.44 bits per heavy atom. The van der Waals surface area contributed by atoms with Crippen LogP contribution in [0.25, 0.3) is 49.3 Å².